The molecule has 0 radical (unpaired) electrons. The van der Waals surface area contributed by atoms with Crippen molar-refractivity contribution in [1.29, 1.82) is 0 Å². The minimum absolute atomic E-state index is 0.0179. The second-order valence-electron chi connectivity index (χ2n) is 21.7. The van der Waals surface area contributed by atoms with Crippen molar-refractivity contribution in [2.45, 2.75) is 58.3 Å². The molecule has 0 amide bonds. The van der Waals surface area contributed by atoms with Gasteiger partial charge in [0.05, 0.1) is 17.1 Å². The van der Waals surface area contributed by atoms with Gasteiger partial charge in [0.2, 0.25) is 0 Å². The molecule has 3 heterocycles. The van der Waals surface area contributed by atoms with E-state index < -0.39 is 0 Å². The molecule has 2 aliphatic rings. The van der Waals surface area contributed by atoms with Gasteiger partial charge in [-0.05, 0) is 114 Å². The predicted octanol–water partition coefficient (Wildman–Crippen LogP) is 20.1. The van der Waals surface area contributed by atoms with Crippen molar-refractivity contribution >= 4 is 48.6 Å². The number of ether oxygens (including phenoxy) is 1. The van der Waals surface area contributed by atoms with E-state index in [0.717, 1.165) is 45.3 Å². The van der Waals surface area contributed by atoms with E-state index in [1.54, 1.807) is 0 Å². The molecule has 0 saturated heterocycles. The monoisotopic (exact) mass is 945 g/mol. The first-order chi connectivity index (χ1) is 35.0. The zero-order chi connectivity index (χ0) is 48.9. The van der Waals surface area contributed by atoms with Crippen molar-refractivity contribution in [2.24, 2.45) is 0 Å². The summed E-state index contributed by atoms with van der Waals surface area (Å²) in [6, 6.07) is 81.3. The number of thiophene rings is 1. The topological polar surface area (TPSA) is 12.5 Å². The summed E-state index contributed by atoms with van der Waals surface area (Å²) in [5, 5.41) is 2.54. The summed E-state index contributed by atoms with van der Waals surface area (Å²) in [6.45, 7) is 13.9. The number of benzene rings is 10. The van der Waals surface area contributed by atoms with Gasteiger partial charge in [0.15, 0.2) is 0 Å². The molecule has 0 aliphatic carbocycles. The summed E-state index contributed by atoms with van der Waals surface area (Å²) >= 11 is 1.89. The average molecular weight is 946 g/mol. The fourth-order valence-electron chi connectivity index (χ4n) is 11.2. The minimum atomic E-state index is -0.124. The maximum absolute atomic E-state index is 7.34. The third-order valence-corrected chi connectivity index (χ3v) is 16.2. The average Bonchev–Trinajstić information content (AvgIpc) is 3.78. The molecular weight excluding hydrogens is 891 g/mol. The van der Waals surface area contributed by atoms with Crippen LogP contribution < -0.4 is 9.64 Å². The summed E-state index contributed by atoms with van der Waals surface area (Å²) in [5.41, 5.74) is 21.4. The van der Waals surface area contributed by atoms with Crippen molar-refractivity contribution in [3.05, 3.63) is 246 Å². The summed E-state index contributed by atoms with van der Waals surface area (Å²) in [6.07, 6.45) is 0. The van der Waals surface area contributed by atoms with E-state index in [2.05, 4.69) is 265 Å². The van der Waals surface area contributed by atoms with Gasteiger partial charge in [0.1, 0.15) is 11.5 Å². The lowest BCUT2D eigenvalue weighted by Gasteiger charge is -2.43. The second kappa shape index (κ2) is 16.8. The van der Waals surface area contributed by atoms with E-state index in [-0.39, 0.29) is 16.7 Å². The van der Waals surface area contributed by atoms with Gasteiger partial charge in [-0.2, -0.15) is 0 Å². The van der Waals surface area contributed by atoms with Crippen LogP contribution >= 0.6 is 11.3 Å². The van der Waals surface area contributed by atoms with Gasteiger partial charge < -0.3 is 9.64 Å². The van der Waals surface area contributed by atoms with Crippen LogP contribution in [0.2, 0.25) is 0 Å². The van der Waals surface area contributed by atoms with E-state index in [4.69, 9.17) is 4.74 Å². The van der Waals surface area contributed by atoms with E-state index in [9.17, 15) is 0 Å². The molecule has 1 atom stereocenters. The van der Waals surface area contributed by atoms with Crippen LogP contribution in [-0.2, 0) is 10.8 Å². The first kappa shape index (κ1) is 44.0. The standard InChI is InChI=1S/C69H55NOS/c1-68(2,3)51-35-49(36-52(41-51)69(4,5)6)47-32-34-60-57(37-47)64-54-33-31-48(43-21-11-7-12-22-43)38-58(54)70(59-39-50(40-61(71-60)65(59)64)44-23-13-8-14-24-44)66-55(45-25-15-9-16-26-45)42-56-53-29-19-20-30-62(53)72-67(56)63(66)46-27-17-10-18-28-46/h7-42,64H,1-6H3. The van der Waals surface area contributed by atoms with E-state index in [1.807, 2.05) is 11.3 Å². The highest BCUT2D eigenvalue weighted by atomic mass is 32.1. The number of rotatable bonds is 6. The van der Waals surface area contributed by atoms with Gasteiger partial charge in [0.25, 0.3) is 0 Å². The van der Waals surface area contributed by atoms with Crippen LogP contribution in [0.5, 0.6) is 11.5 Å². The fraction of sp³-hybridized carbons (Fsp3) is 0.130. The van der Waals surface area contributed by atoms with Crippen LogP contribution in [0.1, 0.15) is 75.3 Å². The lowest BCUT2D eigenvalue weighted by molar-refractivity contribution is 0.453. The molecule has 0 fully saturated rings. The van der Waals surface area contributed by atoms with Crippen molar-refractivity contribution in [3.8, 4) is 67.1 Å². The summed E-state index contributed by atoms with van der Waals surface area (Å²) < 4.78 is 9.89. The van der Waals surface area contributed by atoms with E-state index in [1.165, 1.54) is 86.9 Å². The Bertz CT molecular complexity index is 3860. The summed E-state index contributed by atoms with van der Waals surface area (Å²) in [5.74, 6) is 1.65. The Morgan fingerprint density at radius 2 is 0.944 bits per heavy atom. The Labute approximate surface area is 427 Å². The highest BCUT2D eigenvalue weighted by Gasteiger charge is 2.42. The number of nitrogens with zero attached hydrogens (tertiary/aromatic N) is 1. The first-order valence-electron chi connectivity index (χ1n) is 25.3. The molecule has 0 bridgehead atoms. The molecule has 13 rings (SSSR count). The molecule has 348 valence electrons. The van der Waals surface area contributed by atoms with Gasteiger partial charge in [-0.1, -0.05) is 217 Å². The highest BCUT2D eigenvalue weighted by molar-refractivity contribution is 7.26. The van der Waals surface area contributed by atoms with Crippen LogP contribution in [0.15, 0.2) is 218 Å². The highest BCUT2D eigenvalue weighted by Crippen LogP contribution is 2.63. The van der Waals surface area contributed by atoms with Crippen molar-refractivity contribution in [1.82, 2.24) is 0 Å². The predicted molar refractivity (Wildman–Crippen MR) is 306 cm³/mol. The molecule has 2 aliphatic heterocycles. The number of hydrogen-bond acceptors (Lipinski definition) is 3. The summed E-state index contributed by atoms with van der Waals surface area (Å²) in [7, 11) is 0. The molecule has 72 heavy (non-hydrogen) atoms. The Morgan fingerprint density at radius 1 is 0.403 bits per heavy atom. The Kier molecular flexibility index (Phi) is 10.3. The van der Waals surface area contributed by atoms with Crippen molar-refractivity contribution < 1.29 is 4.74 Å². The summed E-state index contributed by atoms with van der Waals surface area (Å²) in [4.78, 5) is 2.62. The minimum Gasteiger partial charge on any atom is -0.457 e. The van der Waals surface area contributed by atoms with Crippen LogP contribution in [0.3, 0.4) is 0 Å². The maximum atomic E-state index is 7.34. The number of hydrogen-bond donors (Lipinski definition) is 0. The quantitative estimate of drug-likeness (QED) is 0.165. The van der Waals surface area contributed by atoms with Crippen LogP contribution in [0.4, 0.5) is 17.1 Å². The first-order valence-corrected chi connectivity index (χ1v) is 26.1. The fourth-order valence-corrected chi connectivity index (χ4v) is 12.5. The molecule has 11 aromatic rings. The van der Waals surface area contributed by atoms with Gasteiger partial charge >= 0.3 is 0 Å². The van der Waals surface area contributed by atoms with Gasteiger partial charge in [-0.3, -0.25) is 0 Å². The second-order valence-corrected chi connectivity index (χ2v) is 22.7. The molecular formula is C69H55NOS. The lowest BCUT2D eigenvalue weighted by Crippen LogP contribution is -2.26. The Hall–Kier alpha value is -7.98. The SMILES string of the molecule is CC(C)(C)c1cc(-c2ccc3c(c2)C2c4ccc(-c5ccccc5)cc4N(c4c(-c5ccccc5)cc5c(sc6ccccc65)c4-c4ccccc4)c4cc(-c5ccccc5)cc(c42)O3)cc(C(C)(C)C)c1. The van der Waals surface area contributed by atoms with Crippen molar-refractivity contribution in [3.63, 3.8) is 0 Å². The molecule has 1 unspecified atom stereocenters. The zero-order valence-corrected chi connectivity index (χ0v) is 42.4. The van der Waals surface area contributed by atoms with E-state index in [0.29, 0.717) is 0 Å². The third kappa shape index (κ3) is 7.37. The Morgan fingerprint density at radius 3 is 1.60 bits per heavy atom. The molecule has 2 nitrogen and oxygen atoms in total. The Balaban J connectivity index is 1.16. The molecule has 1 aromatic heterocycles. The van der Waals surface area contributed by atoms with Gasteiger partial charge in [-0.15, -0.1) is 11.3 Å². The number of anilines is 3. The molecule has 0 N–H and O–H groups in total. The maximum Gasteiger partial charge on any atom is 0.134 e. The molecule has 0 spiro atoms. The van der Waals surface area contributed by atoms with Crippen LogP contribution in [0, 0.1) is 0 Å². The normalized spacial score (nSPS) is 13.9. The van der Waals surface area contributed by atoms with Crippen LogP contribution in [-0.4, -0.2) is 0 Å². The third-order valence-electron chi connectivity index (χ3n) is 15.0. The van der Waals surface area contributed by atoms with Gasteiger partial charge in [-0.25, -0.2) is 0 Å². The van der Waals surface area contributed by atoms with Crippen LogP contribution in [0.25, 0.3) is 75.8 Å². The van der Waals surface area contributed by atoms with Crippen molar-refractivity contribution in [2.75, 3.05) is 4.90 Å². The lowest BCUT2D eigenvalue weighted by atomic mass is 9.75. The van der Waals surface area contributed by atoms with E-state index >= 15 is 0 Å². The number of fused-ring (bicyclic) bond motifs is 7. The smallest absolute Gasteiger partial charge is 0.134 e. The zero-order valence-electron chi connectivity index (χ0n) is 41.6. The molecule has 3 heteroatoms. The molecule has 10 aromatic carbocycles. The largest absolute Gasteiger partial charge is 0.457 e. The van der Waals surface area contributed by atoms with Gasteiger partial charge in [0, 0.05) is 48.3 Å². The molecule has 0 saturated carbocycles.